The molecule has 0 N–H and O–H groups in total. The molecule has 57 heavy (non-hydrogen) atoms. The van der Waals surface area contributed by atoms with E-state index in [-0.39, 0.29) is 0 Å². The van der Waals surface area contributed by atoms with E-state index in [1.54, 1.807) is 0 Å². The summed E-state index contributed by atoms with van der Waals surface area (Å²) in [5, 5.41) is 7.68. The molecule has 4 heteroatoms. The van der Waals surface area contributed by atoms with Crippen LogP contribution in [0.5, 0.6) is 0 Å². The van der Waals surface area contributed by atoms with Crippen LogP contribution in [0, 0.1) is 0 Å². The Labute approximate surface area is 334 Å². The maximum Gasteiger partial charge on any atom is 0.164 e. The minimum atomic E-state index is 0.643. The number of hydrogen-bond acceptors (Lipinski definition) is 4. The van der Waals surface area contributed by atoms with Gasteiger partial charge in [0, 0.05) is 42.4 Å². The monoisotopic (exact) mass is 743 g/mol. The highest BCUT2D eigenvalue weighted by Gasteiger charge is 2.19. The molecular formula is C53H33N3S. The van der Waals surface area contributed by atoms with Crippen molar-refractivity contribution >= 4 is 53.1 Å². The van der Waals surface area contributed by atoms with Gasteiger partial charge in [0.15, 0.2) is 17.5 Å². The molecule has 11 rings (SSSR count). The average molecular weight is 744 g/mol. The fourth-order valence-electron chi connectivity index (χ4n) is 8.18. The van der Waals surface area contributed by atoms with Crippen molar-refractivity contribution in [2.75, 3.05) is 0 Å². The van der Waals surface area contributed by atoms with E-state index in [0.29, 0.717) is 17.5 Å². The summed E-state index contributed by atoms with van der Waals surface area (Å²) >= 11 is 1.91. The minimum Gasteiger partial charge on any atom is -0.208 e. The summed E-state index contributed by atoms with van der Waals surface area (Å²) < 4.78 is 2.61. The first-order valence-corrected chi connectivity index (χ1v) is 20.0. The van der Waals surface area contributed by atoms with E-state index in [2.05, 4.69) is 140 Å². The van der Waals surface area contributed by atoms with E-state index in [9.17, 15) is 0 Å². The quantitative estimate of drug-likeness (QED) is 0.170. The van der Waals surface area contributed by atoms with Crippen LogP contribution in [0.2, 0.25) is 0 Å². The Balaban J connectivity index is 1.05. The summed E-state index contributed by atoms with van der Waals surface area (Å²) in [6, 6.07) is 71.1. The summed E-state index contributed by atoms with van der Waals surface area (Å²) in [4.78, 5) is 14.9. The SMILES string of the molecule is c1ccc(-c2nc(-c3ccccc3)nc(-c3cccc(-c4cccc(-c5cccc6c5sc5c(-c7cccc8ccccc78)cc7ccccc7c56)c4)c3)n2)cc1. The highest BCUT2D eigenvalue weighted by molar-refractivity contribution is 7.27. The second kappa shape index (κ2) is 13.8. The lowest BCUT2D eigenvalue weighted by atomic mass is 9.93. The van der Waals surface area contributed by atoms with Crippen molar-refractivity contribution in [2.45, 2.75) is 0 Å². The van der Waals surface area contributed by atoms with Crippen LogP contribution in [0.4, 0.5) is 0 Å². The van der Waals surface area contributed by atoms with E-state index < -0.39 is 0 Å². The van der Waals surface area contributed by atoms with Crippen LogP contribution in [0.25, 0.3) is 109 Å². The second-order valence-electron chi connectivity index (χ2n) is 14.4. The van der Waals surface area contributed by atoms with Crippen molar-refractivity contribution in [1.29, 1.82) is 0 Å². The lowest BCUT2D eigenvalue weighted by molar-refractivity contribution is 1.07. The predicted octanol–water partition coefficient (Wildman–Crippen LogP) is 14.5. The molecule has 9 aromatic carbocycles. The van der Waals surface area contributed by atoms with Gasteiger partial charge in [-0.05, 0) is 67.6 Å². The number of aromatic nitrogens is 3. The Kier molecular flexibility index (Phi) is 8.01. The summed E-state index contributed by atoms with van der Waals surface area (Å²) in [5.74, 6) is 1.95. The van der Waals surface area contributed by atoms with Crippen LogP contribution in [-0.4, -0.2) is 15.0 Å². The maximum absolute atomic E-state index is 5.00. The largest absolute Gasteiger partial charge is 0.208 e. The molecule has 0 saturated heterocycles. The molecule has 0 aliphatic heterocycles. The number of hydrogen-bond donors (Lipinski definition) is 0. The fourth-order valence-corrected chi connectivity index (χ4v) is 9.56. The van der Waals surface area contributed by atoms with Crippen molar-refractivity contribution in [2.24, 2.45) is 0 Å². The van der Waals surface area contributed by atoms with Gasteiger partial charge in [0.2, 0.25) is 0 Å². The molecular weight excluding hydrogens is 711 g/mol. The molecule has 0 aliphatic rings. The lowest BCUT2D eigenvalue weighted by Gasteiger charge is -2.11. The average Bonchev–Trinajstić information content (AvgIpc) is 3.70. The lowest BCUT2D eigenvalue weighted by Crippen LogP contribution is -2.00. The van der Waals surface area contributed by atoms with Gasteiger partial charge in [-0.25, -0.2) is 15.0 Å². The van der Waals surface area contributed by atoms with Gasteiger partial charge in [0.05, 0.1) is 0 Å². The van der Waals surface area contributed by atoms with Gasteiger partial charge in [-0.15, -0.1) is 11.3 Å². The molecule has 0 bridgehead atoms. The zero-order valence-corrected chi connectivity index (χ0v) is 31.6. The number of nitrogens with zero attached hydrogens (tertiary/aromatic N) is 3. The normalized spacial score (nSPS) is 11.5. The Bertz CT molecular complexity index is 3230. The molecule has 0 radical (unpaired) electrons. The summed E-state index contributed by atoms with van der Waals surface area (Å²) in [6.07, 6.45) is 0. The number of benzene rings is 9. The molecule has 266 valence electrons. The number of fused-ring (bicyclic) bond motifs is 6. The molecule has 3 nitrogen and oxygen atoms in total. The Morgan fingerprint density at radius 3 is 1.47 bits per heavy atom. The van der Waals surface area contributed by atoms with E-state index >= 15 is 0 Å². The highest BCUT2D eigenvalue weighted by Crippen LogP contribution is 2.48. The molecule has 0 spiro atoms. The minimum absolute atomic E-state index is 0.643. The summed E-state index contributed by atoms with van der Waals surface area (Å²) in [5.41, 5.74) is 10.0. The maximum atomic E-state index is 5.00. The number of thiophene rings is 1. The smallest absolute Gasteiger partial charge is 0.164 e. The van der Waals surface area contributed by atoms with Gasteiger partial charge >= 0.3 is 0 Å². The summed E-state index contributed by atoms with van der Waals surface area (Å²) in [7, 11) is 0. The van der Waals surface area contributed by atoms with Gasteiger partial charge < -0.3 is 0 Å². The Hall–Kier alpha value is -7.27. The van der Waals surface area contributed by atoms with Crippen molar-refractivity contribution in [3.05, 3.63) is 200 Å². The molecule has 0 amide bonds. The van der Waals surface area contributed by atoms with Crippen LogP contribution in [-0.2, 0) is 0 Å². The van der Waals surface area contributed by atoms with E-state index in [4.69, 9.17) is 15.0 Å². The molecule has 0 aliphatic carbocycles. The standard InChI is InChI=1S/C53H33N3S/c1-3-16-35(17-4-1)51-54-52(36-18-5-2-6-19-36)56-53(55-51)41-25-12-23-38(32-41)37-22-11-24-39(31-37)44-28-14-30-46-48-43-27-10-8-20-40(43)33-47(50(48)57-49(44)46)45-29-13-21-34-15-7-9-26-42(34)45/h1-33H. The van der Waals surface area contributed by atoms with Crippen molar-refractivity contribution < 1.29 is 0 Å². The van der Waals surface area contributed by atoms with Crippen LogP contribution < -0.4 is 0 Å². The first kappa shape index (κ1) is 33.1. The second-order valence-corrected chi connectivity index (χ2v) is 15.4. The van der Waals surface area contributed by atoms with Crippen LogP contribution in [0.3, 0.4) is 0 Å². The van der Waals surface area contributed by atoms with Gasteiger partial charge in [0.1, 0.15) is 0 Å². The predicted molar refractivity (Wildman–Crippen MR) is 240 cm³/mol. The molecule has 0 saturated carbocycles. The summed E-state index contributed by atoms with van der Waals surface area (Å²) in [6.45, 7) is 0. The van der Waals surface area contributed by atoms with Gasteiger partial charge in [0.25, 0.3) is 0 Å². The van der Waals surface area contributed by atoms with Crippen LogP contribution in [0.1, 0.15) is 0 Å². The molecule has 11 aromatic rings. The Morgan fingerprint density at radius 1 is 0.281 bits per heavy atom. The third kappa shape index (κ3) is 5.86. The third-order valence-electron chi connectivity index (χ3n) is 10.9. The molecule has 2 heterocycles. The van der Waals surface area contributed by atoms with Gasteiger partial charge in [-0.3, -0.25) is 0 Å². The van der Waals surface area contributed by atoms with Crippen molar-refractivity contribution in [3.8, 4) is 67.5 Å². The zero-order chi connectivity index (χ0) is 37.7. The Morgan fingerprint density at radius 2 is 0.754 bits per heavy atom. The first-order chi connectivity index (χ1) is 28.2. The molecule has 0 fully saturated rings. The molecule has 0 unspecified atom stereocenters. The topological polar surface area (TPSA) is 38.7 Å². The van der Waals surface area contributed by atoms with Gasteiger partial charge in [-0.2, -0.15) is 0 Å². The zero-order valence-electron chi connectivity index (χ0n) is 30.8. The number of rotatable bonds is 6. The van der Waals surface area contributed by atoms with E-state index in [1.165, 1.54) is 64.0 Å². The van der Waals surface area contributed by atoms with E-state index in [0.717, 1.165) is 27.8 Å². The first-order valence-electron chi connectivity index (χ1n) is 19.2. The third-order valence-corrected chi connectivity index (χ3v) is 12.2. The molecule has 2 aromatic heterocycles. The van der Waals surface area contributed by atoms with Crippen molar-refractivity contribution in [1.82, 2.24) is 15.0 Å². The fraction of sp³-hybridized carbons (Fsp3) is 0. The van der Waals surface area contributed by atoms with Crippen molar-refractivity contribution in [3.63, 3.8) is 0 Å². The van der Waals surface area contributed by atoms with E-state index in [1.807, 2.05) is 72.0 Å². The van der Waals surface area contributed by atoms with Crippen LogP contribution >= 0.6 is 11.3 Å². The van der Waals surface area contributed by atoms with Gasteiger partial charge in [-0.1, -0.05) is 182 Å². The molecule has 0 atom stereocenters. The van der Waals surface area contributed by atoms with Crippen LogP contribution in [0.15, 0.2) is 200 Å². The highest BCUT2D eigenvalue weighted by atomic mass is 32.1.